The highest BCUT2D eigenvalue weighted by Gasteiger charge is 2.36. The molecular formula is C7H5F3N4O. The maximum absolute atomic E-state index is 12.2. The fourth-order valence-electron chi connectivity index (χ4n) is 1.08. The van der Waals surface area contributed by atoms with Crippen molar-refractivity contribution in [3.63, 3.8) is 0 Å². The summed E-state index contributed by atoms with van der Waals surface area (Å²) in [6.45, 7) is 0. The fraction of sp³-hybridized carbons (Fsp3) is 0.286. The maximum atomic E-state index is 12.2. The fourth-order valence-corrected chi connectivity index (χ4v) is 1.08. The number of nitrogens with zero attached hydrogens (tertiary/aromatic N) is 4. The van der Waals surface area contributed by atoms with E-state index in [1.165, 1.54) is 19.4 Å². The number of aryl methyl sites for hydroxylation is 1. The number of fused-ring (bicyclic) bond motifs is 1. The largest absolute Gasteiger partial charge is 0.453 e. The van der Waals surface area contributed by atoms with Crippen LogP contribution in [0.2, 0.25) is 0 Å². The average Bonchev–Trinajstić information content (AvgIpc) is 2.55. The number of halogens is 3. The van der Waals surface area contributed by atoms with E-state index in [0.29, 0.717) is 0 Å². The van der Waals surface area contributed by atoms with E-state index in [1.54, 1.807) is 0 Å². The molecule has 0 bridgehead atoms. The van der Waals surface area contributed by atoms with Crippen molar-refractivity contribution < 1.29 is 13.2 Å². The van der Waals surface area contributed by atoms with Gasteiger partial charge < -0.3 is 4.57 Å². The molecule has 15 heavy (non-hydrogen) atoms. The molecule has 2 aromatic rings. The van der Waals surface area contributed by atoms with Crippen molar-refractivity contribution >= 4 is 5.65 Å². The summed E-state index contributed by atoms with van der Waals surface area (Å²) in [7, 11) is 1.42. The zero-order valence-electron chi connectivity index (χ0n) is 7.49. The van der Waals surface area contributed by atoms with Gasteiger partial charge in [-0.1, -0.05) is 0 Å². The predicted octanol–water partition coefficient (Wildman–Crippen LogP) is 0.447. The van der Waals surface area contributed by atoms with Gasteiger partial charge in [0.25, 0.3) is 11.4 Å². The molecule has 8 heteroatoms. The van der Waals surface area contributed by atoms with Gasteiger partial charge >= 0.3 is 6.18 Å². The molecule has 0 amide bonds. The second kappa shape index (κ2) is 2.81. The minimum atomic E-state index is -4.64. The maximum Gasteiger partial charge on any atom is 0.453 e. The molecule has 5 nitrogen and oxygen atoms in total. The van der Waals surface area contributed by atoms with E-state index in [0.717, 1.165) is 9.08 Å². The summed E-state index contributed by atoms with van der Waals surface area (Å²) in [5, 5.41) is 3.15. The summed E-state index contributed by atoms with van der Waals surface area (Å²) >= 11 is 0. The van der Waals surface area contributed by atoms with Gasteiger partial charge in [0.1, 0.15) is 0 Å². The Morgan fingerprint density at radius 2 is 2.00 bits per heavy atom. The van der Waals surface area contributed by atoms with E-state index < -0.39 is 17.6 Å². The molecule has 80 valence electrons. The summed E-state index contributed by atoms with van der Waals surface area (Å²) < 4.78 is 38.6. The SMILES string of the molecule is Cn1ccn2nc(C(F)(F)F)nc2c1=O. The summed E-state index contributed by atoms with van der Waals surface area (Å²) in [6, 6.07) is 0. The highest BCUT2D eigenvalue weighted by atomic mass is 19.4. The Bertz CT molecular complexity index is 568. The lowest BCUT2D eigenvalue weighted by atomic mass is 10.6. The smallest absolute Gasteiger partial charge is 0.314 e. The van der Waals surface area contributed by atoms with E-state index in [-0.39, 0.29) is 5.65 Å². The van der Waals surface area contributed by atoms with E-state index in [1.807, 2.05) is 0 Å². The average molecular weight is 218 g/mol. The van der Waals surface area contributed by atoms with Crippen LogP contribution in [0.1, 0.15) is 5.82 Å². The molecule has 0 saturated heterocycles. The Kier molecular flexibility index (Phi) is 1.82. The van der Waals surface area contributed by atoms with Gasteiger partial charge in [-0.05, 0) is 0 Å². The zero-order valence-corrected chi connectivity index (χ0v) is 7.49. The molecule has 0 unspecified atom stereocenters. The molecule has 0 radical (unpaired) electrons. The first-order valence-electron chi connectivity index (χ1n) is 3.89. The second-order valence-corrected chi connectivity index (χ2v) is 2.92. The van der Waals surface area contributed by atoms with Crippen LogP contribution in [0.25, 0.3) is 5.65 Å². The van der Waals surface area contributed by atoms with Gasteiger partial charge in [0, 0.05) is 19.4 Å². The van der Waals surface area contributed by atoms with Crippen LogP contribution in [-0.2, 0) is 13.2 Å². The summed E-state index contributed by atoms with van der Waals surface area (Å²) in [4.78, 5) is 14.5. The van der Waals surface area contributed by atoms with Crippen molar-refractivity contribution in [3.05, 3.63) is 28.6 Å². The van der Waals surface area contributed by atoms with Crippen molar-refractivity contribution in [2.75, 3.05) is 0 Å². The third kappa shape index (κ3) is 1.47. The second-order valence-electron chi connectivity index (χ2n) is 2.92. The minimum absolute atomic E-state index is 0.340. The van der Waals surface area contributed by atoms with Gasteiger partial charge in [0.2, 0.25) is 5.65 Å². The quantitative estimate of drug-likeness (QED) is 0.645. The third-order valence-electron chi connectivity index (χ3n) is 1.83. The van der Waals surface area contributed by atoms with Gasteiger partial charge in [0.05, 0.1) is 0 Å². The minimum Gasteiger partial charge on any atom is -0.314 e. The lowest BCUT2D eigenvalue weighted by Gasteiger charge is -1.96. The molecule has 0 aliphatic rings. The lowest BCUT2D eigenvalue weighted by Crippen LogP contribution is -2.18. The number of hydrogen-bond donors (Lipinski definition) is 0. The number of aromatic nitrogens is 4. The normalized spacial score (nSPS) is 12.3. The molecule has 0 N–H and O–H groups in total. The van der Waals surface area contributed by atoms with Crippen molar-refractivity contribution in [1.29, 1.82) is 0 Å². The molecule has 2 heterocycles. The summed E-state index contributed by atoms with van der Waals surface area (Å²) in [5.41, 5.74) is -0.965. The van der Waals surface area contributed by atoms with Crippen LogP contribution in [0.4, 0.5) is 13.2 Å². The van der Waals surface area contributed by atoms with Crippen LogP contribution >= 0.6 is 0 Å². The predicted molar refractivity (Wildman–Crippen MR) is 43.2 cm³/mol. The zero-order chi connectivity index (χ0) is 11.2. The summed E-state index contributed by atoms with van der Waals surface area (Å²) in [5.74, 6) is -1.31. The van der Waals surface area contributed by atoms with E-state index in [4.69, 9.17) is 0 Å². The first-order valence-corrected chi connectivity index (χ1v) is 3.89. The molecule has 0 aromatic carbocycles. The van der Waals surface area contributed by atoms with Gasteiger partial charge in [-0.2, -0.15) is 18.2 Å². The summed E-state index contributed by atoms with van der Waals surface area (Å²) in [6.07, 6.45) is -2.10. The van der Waals surface area contributed by atoms with Crippen LogP contribution in [0, 0.1) is 0 Å². The topological polar surface area (TPSA) is 52.2 Å². The van der Waals surface area contributed by atoms with Gasteiger partial charge in [-0.25, -0.2) is 4.52 Å². The van der Waals surface area contributed by atoms with Crippen molar-refractivity contribution in [3.8, 4) is 0 Å². The molecule has 0 saturated carbocycles. The van der Waals surface area contributed by atoms with Crippen LogP contribution in [0.3, 0.4) is 0 Å². The molecule has 0 aliphatic carbocycles. The highest BCUT2D eigenvalue weighted by Crippen LogP contribution is 2.25. The van der Waals surface area contributed by atoms with Crippen LogP contribution < -0.4 is 5.56 Å². The van der Waals surface area contributed by atoms with E-state index >= 15 is 0 Å². The molecule has 0 atom stereocenters. The lowest BCUT2D eigenvalue weighted by molar-refractivity contribution is -0.144. The first-order chi connectivity index (χ1) is 6.89. The molecule has 2 aromatic heterocycles. The van der Waals surface area contributed by atoms with Crippen LogP contribution in [-0.4, -0.2) is 19.2 Å². The number of alkyl halides is 3. The third-order valence-corrected chi connectivity index (χ3v) is 1.83. The van der Waals surface area contributed by atoms with E-state index in [9.17, 15) is 18.0 Å². The van der Waals surface area contributed by atoms with Crippen LogP contribution in [0.5, 0.6) is 0 Å². The Morgan fingerprint density at radius 1 is 1.33 bits per heavy atom. The van der Waals surface area contributed by atoms with Crippen LogP contribution in [0.15, 0.2) is 17.2 Å². The Morgan fingerprint density at radius 3 is 2.60 bits per heavy atom. The standard InChI is InChI=1S/C7H5F3N4O/c1-13-2-3-14-4(5(13)15)11-6(12-14)7(8,9)10/h2-3H,1H3. The van der Waals surface area contributed by atoms with Gasteiger partial charge in [-0.15, -0.1) is 5.10 Å². The first kappa shape index (κ1) is 9.69. The molecular weight excluding hydrogens is 213 g/mol. The number of rotatable bonds is 0. The molecule has 2 rings (SSSR count). The van der Waals surface area contributed by atoms with E-state index in [2.05, 4.69) is 10.1 Å². The monoisotopic (exact) mass is 218 g/mol. The Labute approximate surface area is 80.8 Å². The van der Waals surface area contributed by atoms with Crippen molar-refractivity contribution in [2.45, 2.75) is 6.18 Å². The molecule has 0 aliphatic heterocycles. The van der Waals surface area contributed by atoms with Crippen molar-refractivity contribution in [2.24, 2.45) is 7.05 Å². The highest BCUT2D eigenvalue weighted by molar-refractivity contribution is 5.34. The number of hydrogen-bond acceptors (Lipinski definition) is 3. The van der Waals surface area contributed by atoms with Gasteiger partial charge in [-0.3, -0.25) is 4.79 Å². The van der Waals surface area contributed by atoms with Crippen molar-refractivity contribution in [1.82, 2.24) is 19.2 Å². The van der Waals surface area contributed by atoms with Gasteiger partial charge in [0.15, 0.2) is 0 Å². The Hall–Kier alpha value is -1.86. The molecule has 0 fully saturated rings. The Balaban J connectivity index is 2.78. The molecule has 0 spiro atoms.